The maximum Gasteiger partial charge on any atom is 0.221 e. The van der Waals surface area contributed by atoms with Crippen molar-refractivity contribution in [1.29, 1.82) is 0 Å². The van der Waals surface area contributed by atoms with Gasteiger partial charge in [0.25, 0.3) is 0 Å². The number of hydrogen-bond donors (Lipinski definition) is 2. The molecule has 2 N–H and O–H groups in total. The van der Waals surface area contributed by atoms with E-state index in [1.165, 1.54) is 0 Å². The summed E-state index contributed by atoms with van der Waals surface area (Å²) in [6.07, 6.45) is 0.487. The van der Waals surface area contributed by atoms with Crippen molar-refractivity contribution in [3.8, 4) is 11.5 Å². The second-order valence-corrected chi connectivity index (χ2v) is 4.07. The first-order valence-corrected chi connectivity index (χ1v) is 6.39. The maximum absolute atomic E-state index is 11.3. The second-order valence-electron chi connectivity index (χ2n) is 4.07. The van der Waals surface area contributed by atoms with Gasteiger partial charge in [-0.05, 0) is 24.6 Å². The molecule has 0 saturated heterocycles. The number of nitrogens with one attached hydrogen (secondary N) is 2. The lowest BCUT2D eigenvalue weighted by Gasteiger charge is -2.10. The number of benzene rings is 1. The fourth-order valence-corrected chi connectivity index (χ4v) is 1.71. The Morgan fingerprint density at radius 1 is 1.21 bits per heavy atom. The van der Waals surface area contributed by atoms with E-state index in [9.17, 15) is 4.79 Å². The monoisotopic (exact) mass is 266 g/mol. The van der Waals surface area contributed by atoms with Crippen LogP contribution in [0.5, 0.6) is 11.5 Å². The largest absolute Gasteiger partial charge is 0.493 e. The highest BCUT2D eigenvalue weighted by molar-refractivity contribution is 5.75. The van der Waals surface area contributed by atoms with Gasteiger partial charge in [-0.1, -0.05) is 6.07 Å². The van der Waals surface area contributed by atoms with Gasteiger partial charge in [0, 0.05) is 26.1 Å². The third-order valence-corrected chi connectivity index (χ3v) is 2.68. The van der Waals surface area contributed by atoms with Crippen LogP contribution in [0, 0.1) is 0 Å². The molecule has 5 heteroatoms. The minimum absolute atomic E-state index is 0.0716. The number of carbonyl (C=O) groups excluding carboxylic acids is 1. The summed E-state index contributed by atoms with van der Waals surface area (Å²) in [4.78, 5) is 11.3. The van der Waals surface area contributed by atoms with Gasteiger partial charge < -0.3 is 20.1 Å². The average Bonchev–Trinajstić information content (AvgIpc) is 2.43. The van der Waals surface area contributed by atoms with Gasteiger partial charge in [-0.3, -0.25) is 4.79 Å². The van der Waals surface area contributed by atoms with Gasteiger partial charge in [-0.2, -0.15) is 0 Å². The Morgan fingerprint density at radius 2 is 1.95 bits per heavy atom. The van der Waals surface area contributed by atoms with Crippen LogP contribution in [0.25, 0.3) is 0 Å². The van der Waals surface area contributed by atoms with Crippen molar-refractivity contribution in [3.63, 3.8) is 0 Å². The molecule has 0 bridgehead atoms. The zero-order chi connectivity index (χ0) is 14.1. The fourth-order valence-electron chi connectivity index (χ4n) is 1.71. The normalized spacial score (nSPS) is 10.1. The van der Waals surface area contributed by atoms with Crippen molar-refractivity contribution in [2.45, 2.75) is 19.9 Å². The molecule has 0 spiro atoms. The smallest absolute Gasteiger partial charge is 0.221 e. The maximum atomic E-state index is 11.3. The molecular formula is C14H22N2O3. The average molecular weight is 266 g/mol. The zero-order valence-corrected chi connectivity index (χ0v) is 11.8. The minimum atomic E-state index is 0.0716. The van der Waals surface area contributed by atoms with Gasteiger partial charge in [0.2, 0.25) is 5.91 Å². The van der Waals surface area contributed by atoms with E-state index in [0.717, 1.165) is 5.56 Å². The highest BCUT2D eigenvalue weighted by Gasteiger charge is 2.04. The predicted molar refractivity (Wildman–Crippen MR) is 74.6 cm³/mol. The summed E-state index contributed by atoms with van der Waals surface area (Å²) in [5, 5.41) is 5.98. The number of carbonyl (C=O) groups is 1. The molecule has 0 unspecified atom stereocenters. The first-order chi connectivity index (χ1) is 9.21. The summed E-state index contributed by atoms with van der Waals surface area (Å²) in [6, 6.07) is 5.78. The van der Waals surface area contributed by atoms with E-state index in [1.807, 2.05) is 25.1 Å². The van der Waals surface area contributed by atoms with Gasteiger partial charge in [-0.25, -0.2) is 0 Å². The van der Waals surface area contributed by atoms with Crippen molar-refractivity contribution in [2.75, 3.05) is 27.3 Å². The highest BCUT2D eigenvalue weighted by atomic mass is 16.5. The van der Waals surface area contributed by atoms with Crippen LogP contribution in [0.4, 0.5) is 0 Å². The molecule has 106 valence electrons. The molecule has 1 aromatic rings. The van der Waals surface area contributed by atoms with E-state index in [4.69, 9.17) is 9.47 Å². The molecule has 0 radical (unpaired) electrons. The summed E-state index contributed by atoms with van der Waals surface area (Å²) in [5.41, 5.74) is 1.09. The van der Waals surface area contributed by atoms with Crippen LogP contribution in [0.3, 0.4) is 0 Å². The number of hydrogen-bond acceptors (Lipinski definition) is 4. The Balaban J connectivity index is 2.39. The van der Waals surface area contributed by atoms with E-state index >= 15 is 0 Å². The summed E-state index contributed by atoms with van der Waals surface area (Å²) in [6.45, 7) is 3.93. The Kier molecular flexibility index (Phi) is 6.74. The number of rotatable bonds is 8. The zero-order valence-electron chi connectivity index (χ0n) is 11.8. The van der Waals surface area contributed by atoms with Crippen molar-refractivity contribution in [2.24, 2.45) is 0 Å². The molecule has 1 amide bonds. The van der Waals surface area contributed by atoms with Crippen LogP contribution < -0.4 is 20.1 Å². The van der Waals surface area contributed by atoms with Crippen molar-refractivity contribution >= 4 is 5.91 Å². The topological polar surface area (TPSA) is 59.6 Å². The molecule has 0 aromatic heterocycles. The molecule has 0 aliphatic rings. The van der Waals surface area contributed by atoms with Crippen LogP contribution in [0.15, 0.2) is 18.2 Å². The van der Waals surface area contributed by atoms with E-state index < -0.39 is 0 Å². The number of methoxy groups -OCH3 is 2. The first-order valence-electron chi connectivity index (χ1n) is 6.39. The lowest BCUT2D eigenvalue weighted by molar-refractivity contribution is -0.120. The fraction of sp³-hybridized carbons (Fsp3) is 0.500. The Bertz CT molecular complexity index is 408. The minimum Gasteiger partial charge on any atom is -0.493 e. The van der Waals surface area contributed by atoms with Crippen LogP contribution in [-0.4, -0.2) is 33.2 Å². The van der Waals surface area contributed by atoms with E-state index in [2.05, 4.69) is 10.6 Å². The van der Waals surface area contributed by atoms with Crippen molar-refractivity contribution in [3.05, 3.63) is 23.8 Å². The molecule has 0 aliphatic carbocycles. The van der Waals surface area contributed by atoms with E-state index in [1.54, 1.807) is 14.2 Å². The molecular weight excluding hydrogens is 244 g/mol. The predicted octanol–water partition coefficient (Wildman–Crippen LogP) is 1.32. The molecule has 19 heavy (non-hydrogen) atoms. The second kappa shape index (κ2) is 8.37. The molecule has 0 heterocycles. The first kappa shape index (κ1) is 15.3. The Labute approximate surface area is 114 Å². The molecule has 0 atom stereocenters. The molecule has 0 fully saturated rings. The third-order valence-electron chi connectivity index (χ3n) is 2.68. The summed E-state index contributed by atoms with van der Waals surface area (Å²) < 4.78 is 10.4. The van der Waals surface area contributed by atoms with Gasteiger partial charge >= 0.3 is 0 Å². The van der Waals surface area contributed by atoms with E-state index in [0.29, 0.717) is 37.6 Å². The Hall–Kier alpha value is -1.75. The van der Waals surface area contributed by atoms with Gasteiger partial charge in [0.05, 0.1) is 14.2 Å². The van der Waals surface area contributed by atoms with Crippen molar-refractivity contribution in [1.82, 2.24) is 10.6 Å². The standard InChI is InChI=1S/C14H22N2O3/c1-4-16-14(17)7-8-15-10-11-5-6-12(18-2)13(9-11)19-3/h5-6,9,15H,4,7-8,10H2,1-3H3,(H,16,17). The number of amides is 1. The van der Waals surface area contributed by atoms with Gasteiger partial charge in [-0.15, -0.1) is 0 Å². The SMILES string of the molecule is CCNC(=O)CCNCc1ccc(OC)c(OC)c1. The summed E-state index contributed by atoms with van der Waals surface area (Å²) >= 11 is 0. The van der Waals surface area contributed by atoms with Crippen molar-refractivity contribution < 1.29 is 14.3 Å². The van der Waals surface area contributed by atoms with Gasteiger partial charge in [0.1, 0.15) is 0 Å². The van der Waals surface area contributed by atoms with Gasteiger partial charge in [0.15, 0.2) is 11.5 Å². The molecule has 1 rings (SSSR count). The lowest BCUT2D eigenvalue weighted by atomic mass is 10.2. The van der Waals surface area contributed by atoms with Crippen LogP contribution in [-0.2, 0) is 11.3 Å². The molecule has 5 nitrogen and oxygen atoms in total. The Morgan fingerprint density at radius 3 is 2.58 bits per heavy atom. The van der Waals surface area contributed by atoms with Crippen LogP contribution in [0.2, 0.25) is 0 Å². The lowest BCUT2D eigenvalue weighted by Crippen LogP contribution is -2.27. The molecule has 0 aliphatic heterocycles. The molecule has 0 saturated carbocycles. The molecule has 1 aromatic carbocycles. The number of ether oxygens (including phenoxy) is 2. The van der Waals surface area contributed by atoms with Crippen LogP contribution in [0.1, 0.15) is 18.9 Å². The highest BCUT2D eigenvalue weighted by Crippen LogP contribution is 2.27. The summed E-state index contributed by atoms with van der Waals surface area (Å²) in [5.74, 6) is 1.50. The summed E-state index contributed by atoms with van der Waals surface area (Å²) in [7, 11) is 3.23. The van der Waals surface area contributed by atoms with Crippen LogP contribution >= 0.6 is 0 Å². The third kappa shape index (κ3) is 5.18. The quantitative estimate of drug-likeness (QED) is 0.697. The van der Waals surface area contributed by atoms with E-state index in [-0.39, 0.29) is 5.91 Å².